The maximum Gasteiger partial charge on any atom is 0.407 e. The predicted octanol–water partition coefficient (Wildman–Crippen LogP) is 3.41. The first-order valence-corrected chi connectivity index (χ1v) is 8.62. The third-order valence-corrected chi connectivity index (χ3v) is 3.80. The summed E-state index contributed by atoms with van der Waals surface area (Å²) in [6.07, 6.45) is 1.60. The van der Waals surface area contributed by atoms with Crippen LogP contribution in [0.25, 0.3) is 0 Å². The Labute approximate surface area is 152 Å². The Morgan fingerprint density at radius 2 is 2.04 bits per heavy atom. The van der Waals surface area contributed by atoms with Gasteiger partial charge >= 0.3 is 6.09 Å². The van der Waals surface area contributed by atoms with Crippen LogP contribution in [0.1, 0.15) is 56.0 Å². The number of ether oxygens (including phenoxy) is 2. The number of nitro groups is 1. The maximum absolute atomic E-state index is 12.1. The Morgan fingerprint density at radius 1 is 1.31 bits per heavy atom. The number of Topliss-reactive ketones (excluding diaryl/α,β-unsaturated/α-hetero) is 1. The van der Waals surface area contributed by atoms with E-state index < -0.39 is 16.6 Å². The van der Waals surface area contributed by atoms with Gasteiger partial charge in [0.25, 0.3) is 5.69 Å². The molecule has 0 atom stereocenters. The second kappa shape index (κ2) is 8.16. The van der Waals surface area contributed by atoms with E-state index >= 15 is 0 Å². The molecule has 0 heterocycles. The van der Waals surface area contributed by atoms with E-state index in [0.29, 0.717) is 50.1 Å². The summed E-state index contributed by atoms with van der Waals surface area (Å²) in [7, 11) is 0. The van der Waals surface area contributed by atoms with Crippen molar-refractivity contribution < 1.29 is 24.0 Å². The number of carbonyl (C=O) groups is 2. The number of hydrogen-bond acceptors (Lipinski definition) is 6. The van der Waals surface area contributed by atoms with E-state index in [2.05, 4.69) is 5.32 Å². The quantitative estimate of drug-likeness (QED) is 0.471. The van der Waals surface area contributed by atoms with Gasteiger partial charge in [0.05, 0.1) is 11.5 Å². The normalized spacial score (nSPS) is 13.7. The van der Waals surface area contributed by atoms with E-state index in [4.69, 9.17) is 9.47 Å². The predicted molar refractivity (Wildman–Crippen MR) is 94.7 cm³/mol. The lowest BCUT2D eigenvalue weighted by Crippen LogP contribution is -2.33. The number of fused-ring (bicyclic) bond motifs is 1. The van der Waals surface area contributed by atoms with Crippen LogP contribution < -0.4 is 10.1 Å². The molecule has 0 unspecified atom stereocenters. The van der Waals surface area contributed by atoms with Crippen LogP contribution >= 0.6 is 0 Å². The molecule has 8 nitrogen and oxygen atoms in total. The van der Waals surface area contributed by atoms with Crippen molar-refractivity contribution in [3.05, 3.63) is 33.4 Å². The van der Waals surface area contributed by atoms with E-state index in [-0.39, 0.29) is 17.0 Å². The summed E-state index contributed by atoms with van der Waals surface area (Å²) >= 11 is 0. The molecule has 26 heavy (non-hydrogen) atoms. The molecule has 8 heteroatoms. The third-order valence-electron chi connectivity index (χ3n) is 3.80. The van der Waals surface area contributed by atoms with Crippen LogP contribution in [0, 0.1) is 10.1 Å². The van der Waals surface area contributed by atoms with Crippen molar-refractivity contribution in [2.24, 2.45) is 0 Å². The number of nitro benzene ring substituents is 1. The molecule has 2 rings (SSSR count). The molecular weight excluding hydrogens is 340 g/mol. The lowest BCUT2D eigenvalue weighted by molar-refractivity contribution is -0.385. The van der Waals surface area contributed by atoms with Gasteiger partial charge in [-0.25, -0.2) is 4.79 Å². The molecule has 0 aliphatic heterocycles. The molecule has 0 aromatic heterocycles. The first-order valence-electron chi connectivity index (χ1n) is 8.62. The lowest BCUT2D eigenvalue weighted by atomic mass is 9.88. The van der Waals surface area contributed by atoms with E-state index in [0.717, 1.165) is 0 Å². The van der Waals surface area contributed by atoms with Gasteiger partial charge in [0, 0.05) is 24.6 Å². The van der Waals surface area contributed by atoms with Gasteiger partial charge in [-0.15, -0.1) is 0 Å². The largest absolute Gasteiger partial charge is 0.493 e. The topological polar surface area (TPSA) is 108 Å². The number of ketones is 1. The summed E-state index contributed by atoms with van der Waals surface area (Å²) in [5.74, 6) is 0.283. The number of nitrogens with one attached hydrogen (secondary N) is 1. The lowest BCUT2D eigenvalue weighted by Gasteiger charge is -2.20. The van der Waals surface area contributed by atoms with Gasteiger partial charge in [0.1, 0.15) is 16.9 Å². The Bertz CT molecular complexity index is 708. The van der Waals surface area contributed by atoms with Crippen molar-refractivity contribution in [2.45, 2.75) is 52.1 Å². The molecule has 1 aliphatic carbocycles. The molecule has 0 saturated carbocycles. The molecule has 0 saturated heterocycles. The summed E-state index contributed by atoms with van der Waals surface area (Å²) in [6.45, 7) is 6.05. The minimum Gasteiger partial charge on any atom is -0.493 e. The molecule has 0 radical (unpaired) electrons. The van der Waals surface area contributed by atoms with E-state index in [9.17, 15) is 19.7 Å². The van der Waals surface area contributed by atoms with Gasteiger partial charge in [-0.1, -0.05) is 0 Å². The zero-order chi connectivity index (χ0) is 19.3. The highest BCUT2D eigenvalue weighted by atomic mass is 16.6. The third kappa shape index (κ3) is 5.18. The molecule has 1 N–H and O–H groups in total. The van der Waals surface area contributed by atoms with Gasteiger partial charge < -0.3 is 14.8 Å². The van der Waals surface area contributed by atoms with E-state index in [1.807, 2.05) is 0 Å². The average molecular weight is 364 g/mol. The summed E-state index contributed by atoms with van der Waals surface area (Å²) < 4.78 is 10.8. The highest BCUT2D eigenvalue weighted by molar-refractivity contribution is 6.02. The Morgan fingerprint density at radius 3 is 2.69 bits per heavy atom. The van der Waals surface area contributed by atoms with Crippen LogP contribution in [0.2, 0.25) is 0 Å². The summed E-state index contributed by atoms with van der Waals surface area (Å²) in [5.41, 5.74) is 0.0649. The van der Waals surface area contributed by atoms with Gasteiger partial charge in [-0.05, 0) is 46.1 Å². The fraction of sp³-hybridized carbons (Fsp3) is 0.556. The summed E-state index contributed by atoms with van der Waals surface area (Å²) in [5, 5.41) is 13.8. The zero-order valence-corrected chi connectivity index (χ0v) is 15.3. The minimum atomic E-state index is -0.551. The number of rotatable bonds is 6. The SMILES string of the molecule is CC(C)(C)OC(=O)NCCCOc1ccc([N+](=O)[O-])c2c1CCCC2=O. The Hall–Kier alpha value is -2.64. The van der Waals surface area contributed by atoms with E-state index in [1.54, 1.807) is 20.8 Å². The van der Waals surface area contributed by atoms with Crippen molar-refractivity contribution in [1.29, 1.82) is 0 Å². The van der Waals surface area contributed by atoms with Crippen LogP contribution in [-0.4, -0.2) is 35.6 Å². The van der Waals surface area contributed by atoms with Crippen LogP contribution in [-0.2, 0) is 11.2 Å². The fourth-order valence-electron chi connectivity index (χ4n) is 2.77. The Kier molecular flexibility index (Phi) is 6.18. The van der Waals surface area contributed by atoms with Gasteiger partial charge in [-0.3, -0.25) is 14.9 Å². The maximum atomic E-state index is 12.1. The van der Waals surface area contributed by atoms with Gasteiger partial charge in [-0.2, -0.15) is 0 Å². The molecule has 1 aromatic rings. The highest BCUT2D eigenvalue weighted by Gasteiger charge is 2.29. The minimum absolute atomic E-state index is 0.163. The molecule has 0 bridgehead atoms. The van der Waals surface area contributed by atoms with Crippen molar-refractivity contribution in [3.8, 4) is 5.75 Å². The smallest absolute Gasteiger partial charge is 0.407 e. The van der Waals surface area contributed by atoms with Gasteiger partial charge in [0.15, 0.2) is 5.78 Å². The van der Waals surface area contributed by atoms with Crippen LogP contribution in [0.3, 0.4) is 0 Å². The Balaban J connectivity index is 1.93. The monoisotopic (exact) mass is 364 g/mol. The van der Waals surface area contributed by atoms with Crippen LogP contribution in [0.5, 0.6) is 5.75 Å². The molecule has 1 aliphatic rings. The van der Waals surface area contributed by atoms with Crippen LogP contribution in [0.15, 0.2) is 12.1 Å². The molecule has 0 fully saturated rings. The highest BCUT2D eigenvalue weighted by Crippen LogP contribution is 2.35. The van der Waals surface area contributed by atoms with Gasteiger partial charge in [0.2, 0.25) is 0 Å². The first kappa shape index (κ1) is 19.7. The molecule has 1 aromatic carbocycles. The number of hydrogen-bond donors (Lipinski definition) is 1. The molecular formula is C18H24N2O6. The zero-order valence-electron chi connectivity index (χ0n) is 15.3. The van der Waals surface area contributed by atoms with Crippen molar-refractivity contribution in [1.82, 2.24) is 5.32 Å². The number of nitrogens with zero attached hydrogens (tertiary/aromatic N) is 1. The average Bonchev–Trinajstić information content (AvgIpc) is 2.53. The summed E-state index contributed by atoms with van der Waals surface area (Å²) in [6, 6.07) is 2.85. The van der Waals surface area contributed by atoms with Crippen molar-refractivity contribution in [3.63, 3.8) is 0 Å². The standard InChI is InChI=1S/C18H24N2O6/c1-18(2,3)26-17(22)19-10-5-11-25-15-9-8-13(20(23)24)16-12(15)6-4-7-14(16)21/h8-9H,4-7,10-11H2,1-3H3,(H,19,22). The van der Waals surface area contributed by atoms with E-state index in [1.165, 1.54) is 12.1 Å². The second-order valence-electron chi connectivity index (χ2n) is 7.10. The van der Waals surface area contributed by atoms with Crippen molar-refractivity contribution in [2.75, 3.05) is 13.2 Å². The number of carbonyl (C=O) groups excluding carboxylic acids is 2. The van der Waals surface area contributed by atoms with Crippen molar-refractivity contribution >= 4 is 17.6 Å². The summed E-state index contributed by atoms with van der Waals surface area (Å²) in [4.78, 5) is 34.3. The number of alkyl carbamates (subject to hydrolysis) is 1. The fourth-order valence-corrected chi connectivity index (χ4v) is 2.77. The molecule has 1 amide bonds. The molecule has 142 valence electrons. The molecule has 0 spiro atoms. The first-order chi connectivity index (χ1) is 12.2. The van der Waals surface area contributed by atoms with Crippen LogP contribution in [0.4, 0.5) is 10.5 Å². The number of amides is 1. The number of benzene rings is 1. The second-order valence-corrected chi connectivity index (χ2v) is 7.10.